The normalized spacial score (nSPS) is 10.3. The number of aryl methyl sites for hydroxylation is 1. The summed E-state index contributed by atoms with van der Waals surface area (Å²) < 4.78 is 11.5. The summed E-state index contributed by atoms with van der Waals surface area (Å²) in [7, 11) is 3.07. The second-order valence-electron chi connectivity index (χ2n) is 4.14. The number of ether oxygens (including phenoxy) is 2. The number of hydrogen-bond donors (Lipinski definition) is 2. The molecule has 0 aliphatic carbocycles. The SMILES string of the molecule is CCNc1nc(NCOC)nc(Oc2ccc(=O)n(C)n2)n1. The van der Waals surface area contributed by atoms with Crippen molar-refractivity contribution in [3.05, 3.63) is 22.5 Å². The highest BCUT2D eigenvalue weighted by molar-refractivity contribution is 5.36. The van der Waals surface area contributed by atoms with E-state index >= 15 is 0 Å². The largest absolute Gasteiger partial charge is 0.403 e. The van der Waals surface area contributed by atoms with Crippen molar-refractivity contribution >= 4 is 11.9 Å². The number of aromatic nitrogens is 5. The first kappa shape index (κ1) is 15.6. The molecule has 0 aliphatic heterocycles. The lowest BCUT2D eigenvalue weighted by molar-refractivity contribution is 0.220. The van der Waals surface area contributed by atoms with E-state index in [1.165, 1.54) is 19.2 Å². The van der Waals surface area contributed by atoms with Crippen molar-refractivity contribution in [3.63, 3.8) is 0 Å². The van der Waals surface area contributed by atoms with Gasteiger partial charge in [0, 0.05) is 32.8 Å². The fourth-order valence-electron chi connectivity index (χ4n) is 1.48. The van der Waals surface area contributed by atoms with Crippen LogP contribution in [0.5, 0.6) is 11.9 Å². The van der Waals surface area contributed by atoms with Crippen LogP contribution in [0.1, 0.15) is 6.92 Å². The van der Waals surface area contributed by atoms with Crippen molar-refractivity contribution < 1.29 is 9.47 Å². The Balaban J connectivity index is 2.25. The highest BCUT2D eigenvalue weighted by Crippen LogP contribution is 2.16. The third-order valence-corrected chi connectivity index (χ3v) is 2.46. The zero-order chi connectivity index (χ0) is 15.9. The lowest BCUT2D eigenvalue weighted by atomic mass is 10.5. The maximum absolute atomic E-state index is 11.3. The fourth-order valence-corrected chi connectivity index (χ4v) is 1.48. The van der Waals surface area contributed by atoms with Gasteiger partial charge in [0.05, 0.1) is 0 Å². The molecule has 10 heteroatoms. The van der Waals surface area contributed by atoms with E-state index in [0.717, 1.165) is 4.68 Å². The molecule has 0 radical (unpaired) electrons. The van der Waals surface area contributed by atoms with E-state index in [1.807, 2.05) is 6.92 Å². The van der Waals surface area contributed by atoms with Gasteiger partial charge >= 0.3 is 6.01 Å². The Hall–Kier alpha value is -2.75. The van der Waals surface area contributed by atoms with Gasteiger partial charge in [-0.2, -0.15) is 15.0 Å². The molecule has 0 amide bonds. The highest BCUT2D eigenvalue weighted by atomic mass is 16.5. The summed E-state index contributed by atoms with van der Waals surface area (Å²) >= 11 is 0. The van der Waals surface area contributed by atoms with Gasteiger partial charge in [0.25, 0.3) is 5.56 Å². The van der Waals surface area contributed by atoms with Crippen molar-refractivity contribution in [2.75, 3.05) is 31.0 Å². The summed E-state index contributed by atoms with van der Waals surface area (Å²) in [5.41, 5.74) is -0.237. The van der Waals surface area contributed by atoms with Crippen LogP contribution in [0.15, 0.2) is 16.9 Å². The Morgan fingerprint density at radius 2 is 1.91 bits per heavy atom. The van der Waals surface area contributed by atoms with E-state index in [4.69, 9.17) is 9.47 Å². The van der Waals surface area contributed by atoms with E-state index in [2.05, 4.69) is 30.7 Å². The molecule has 118 valence electrons. The van der Waals surface area contributed by atoms with Crippen LogP contribution in [0.3, 0.4) is 0 Å². The molecule has 0 unspecified atom stereocenters. The minimum absolute atomic E-state index is 0.0516. The molecule has 0 bridgehead atoms. The predicted octanol–water partition coefficient (Wildman–Crippen LogP) is 0.205. The van der Waals surface area contributed by atoms with Crippen molar-refractivity contribution in [1.82, 2.24) is 24.7 Å². The third-order valence-electron chi connectivity index (χ3n) is 2.46. The molecule has 0 spiro atoms. The van der Waals surface area contributed by atoms with Crippen molar-refractivity contribution in [2.24, 2.45) is 7.05 Å². The minimum Gasteiger partial charge on any atom is -0.403 e. The fraction of sp³-hybridized carbons (Fsp3) is 0.417. The topological polar surface area (TPSA) is 116 Å². The third kappa shape index (κ3) is 4.12. The van der Waals surface area contributed by atoms with E-state index in [-0.39, 0.29) is 24.2 Å². The molecule has 2 heterocycles. The molecule has 0 aromatic carbocycles. The first-order chi connectivity index (χ1) is 10.6. The number of hydrogen-bond acceptors (Lipinski definition) is 9. The number of rotatable bonds is 7. The monoisotopic (exact) mass is 307 g/mol. The first-order valence-corrected chi connectivity index (χ1v) is 6.57. The van der Waals surface area contributed by atoms with Crippen LogP contribution in [0.25, 0.3) is 0 Å². The molecule has 10 nitrogen and oxygen atoms in total. The number of nitrogens with zero attached hydrogens (tertiary/aromatic N) is 5. The zero-order valence-electron chi connectivity index (χ0n) is 12.5. The molecule has 2 rings (SSSR count). The van der Waals surface area contributed by atoms with Crippen LogP contribution >= 0.6 is 0 Å². The van der Waals surface area contributed by atoms with Crippen LogP contribution in [-0.2, 0) is 11.8 Å². The van der Waals surface area contributed by atoms with Gasteiger partial charge in [-0.05, 0) is 6.92 Å². The second-order valence-corrected chi connectivity index (χ2v) is 4.14. The lowest BCUT2D eigenvalue weighted by Crippen LogP contribution is -2.18. The van der Waals surface area contributed by atoms with E-state index in [0.29, 0.717) is 18.4 Å². The summed E-state index contributed by atoms with van der Waals surface area (Å²) in [6.07, 6.45) is 0. The van der Waals surface area contributed by atoms with Gasteiger partial charge in [-0.1, -0.05) is 0 Å². The molecule has 0 saturated carbocycles. The van der Waals surface area contributed by atoms with Gasteiger partial charge in [-0.3, -0.25) is 4.79 Å². The Labute approximate surface area is 126 Å². The molecule has 0 aliphatic rings. The van der Waals surface area contributed by atoms with Gasteiger partial charge in [-0.15, -0.1) is 5.10 Å². The number of methoxy groups -OCH3 is 1. The van der Waals surface area contributed by atoms with Gasteiger partial charge in [0.1, 0.15) is 6.73 Å². The Morgan fingerprint density at radius 3 is 2.55 bits per heavy atom. The average molecular weight is 307 g/mol. The quantitative estimate of drug-likeness (QED) is 0.692. The van der Waals surface area contributed by atoms with E-state index in [9.17, 15) is 4.79 Å². The smallest absolute Gasteiger partial charge is 0.330 e. The minimum atomic E-state index is -0.237. The molecular formula is C12H17N7O3. The molecule has 2 N–H and O–H groups in total. The Kier molecular flexibility index (Phi) is 5.20. The molecule has 22 heavy (non-hydrogen) atoms. The number of anilines is 2. The average Bonchev–Trinajstić information content (AvgIpc) is 2.49. The molecule has 2 aromatic heterocycles. The van der Waals surface area contributed by atoms with Gasteiger partial charge in [0.15, 0.2) is 0 Å². The summed E-state index contributed by atoms with van der Waals surface area (Å²) in [5.74, 6) is 0.858. The van der Waals surface area contributed by atoms with Crippen LogP contribution in [0, 0.1) is 0 Å². The van der Waals surface area contributed by atoms with Gasteiger partial charge in [-0.25, -0.2) is 4.68 Å². The number of nitrogens with one attached hydrogen (secondary N) is 2. The van der Waals surface area contributed by atoms with Crippen LogP contribution in [0.2, 0.25) is 0 Å². The molecule has 0 atom stereocenters. The maximum Gasteiger partial charge on any atom is 0.330 e. The first-order valence-electron chi connectivity index (χ1n) is 6.57. The lowest BCUT2D eigenvalue weighted by Gasteiger charge is -2.09. The van der Waals surface area contributed by atoms with Crippen molar-refractivity contribution in [3.8, 4) is 11.9 Å². The molecule has 0 fully saturated rings. The van der Waals surface area contributed by atoms with Crippen molar-refractivity contribution in [1.29, 1.82) is 0 Å². The summed E-state index contributed by atoms with van der Waals surface area (Å²) in [5, 5.41) is 9.78. The van der Waals surface area contributed by atoms with Crippen LogP contribution in [-0.4, -0.2) is 45.1 Å². The molecular weight excluding hydrogens is 290 g/mol. The van der Waals surface area contributed by atoms with E-state index < -0.39 is 0 Å². The zero-order valence-corrected chi connectivity index (χ0v) is 12.5. The summed E-state index contributed by atoms with van der Waals surface area (Å²) in [6.45, 7) is 2.81. The highest BCUT2D eigenvalue weighted by Gasteiger charge is 2.09. The van der Waals surface area contributed by atoms with Gasteiger partial charge < -0.3 is 20.1 Å². The van der Waals surface area contributed by atoms with Crippen LogP contribution in [0.4, 0.5) is 11.9 Å². The summed E-state index contributed by atoms with van der Waals surface area (Å²) in [4.78, 5) is 23.7. The second kappa shape index (κ2) is 7.31. The molecule has 0 saturated heterocycles. The van der Waals surface area contributed by atoms with E-state index in [1.54, 1.807) is 7.11 Å². The predicted molar refractivity (Wildman–Crippen MR) is 79.0 cm³/mol. The molecule has 2 aromatic rings. The van der Waals surface area contributed by atoms with Gasteiger partial charge in [0.2, 0.25) is 17.8 Å². The van der Waals surface area contributed by atoms with Crippen LogP contribution < -0.4 is 20.9 Å². The maximum atomic E-state index is 11.3. The Bertz CT molecular complexity index is 689. The standard InChI is InChI=1S/C12H17N7O3/c1-4-13-10-15-11(14-7-21-3)17-12(16-10)22-8-5-6-9(20)19(2)18-8/h5-6H,4,7H2,1-3H3,(H2,13,14,15,16,17). The Morgan fingerprint density at radius 1 is 1.18 bits per heavy atom. The summed E-state index contributed by atoms with van der Waals surface area (Å²) in [6, 6.07) is 2.84. The van der Waals surface area contributed by atoms with Crippen molar-refractivity contribution in [2.45, 2.75) is 6.92 Å².